The van der Waals surface area contributed by atoms with Crippen LogP contribution in [0.1, 0.15) is 5.56 Å². The number of para-hydroxylation sites is 2. The lowest BCUT2D eigenvalue weighted by atomic mass is 10.2. The number of thioether (sulfide) groups is 1. The van der Waals surface area contributed by atoms with Crippen molar-refractivity contribution in [1.82, 2.24) is 24.5 Å². The number of hydrogen-bond donors (Lipinski definition) is 1. The number of nitrogens with one attached hydrogen (secondary N) is 1. The van der Waals surface area contributed by atoms with E-state index in [4.69, 9.17) is 4.74 Å². The third kappa shape index (κ3) is 4.13. The van der Waals surface area contributed by atoms with E-state index in [0.717, 1.165) is 11.3 Å². The molecule has 0 radical (unpaired) electrons. The Morgan fingerprint density at radius 1 is 0.971 bits per heavy atom. The fourth-order valence-corrected chi connectivity index (χ4v) is 4.48. The van der Waals surface area contributed by atoms with E-state index in [1.807, 2.05) is 77.2 Å². The van der Waals surface area contributed by atoms with E-state index in [-0.39, 0.29) is 17.2 Å². The van der Waals surface area contributed by atoms with Gasteiger partial charge in [-0.15, -0.1) is 10.2 Å². The summed E-state index contributed by atoms with van der Waals surface area (Å²) in [6, 6.07) is 24.2. The minimum absolute atomic E-state index is 0.127. The highest BCUT2D eigenvalue weighted by atomic mass is 32.2. The number of carbonyl (C=O) groups excluding carboxylic acids is 1. The highest BCUT2D eigenvalue weighted by Crippen LogP contribution is 2.23. The minimum atomic E-state index is -0.171. The molecule has 0 bridgehead atoms. The van der Waals surface area contributed by atoms with E-state index in [1.54, 1.807) is 17.7 Å². The molecule has 0 aliphatic heterocycles. The highest BCUT2D eigenvalue weighted by molar-refractivity contribution is 7.99. The summed E-state index contributed by atoms with van der Waals surface area (Å²) in [6.45, 7) is 0.417. The van der Waals surface area contributed by atoms with E-state index in [9.17, 15) is 9.59 Å². The van der Waals surface area contributed by atoms with E-state index < -0.39 is 0 Å². The van der Waals surface area contributed by atoms with Crippen molar-refractivity contribution < 1.29 is 9.53 Å². The van der Waals surface area contributed by atoms with Crippen molar-refractivity contribution in [3.8, 4) is 11.4 Å². The molecule has 5 rings (SSSR count). The second-order valence-corrected chi connectivity index (χ2v) is 8.47. The average Bonchev–Trinajstić information content (AvgIpc) is 3.31. The molecule has 9 heteroatoms. The molecule has 0 saturated heterocycles. The summed E-state index contributed by atoms with van der Waals surface area (Å²) in [5.74, 6) is 1.20. The van der Waals surface area contributed by atoms with Crippen LogP contribution in [0.3, 0.4) is 0 Å². The van der Waals surface area contributed by atoms with Gasteiger partial charge in [0.25, 0.3) is 5.56 Å². The molecule has 2 aromatic heterocycles. The molecule has 8 nitrogen and oxygen atoms in total. The summed E-state index contributed by atoms with van der Waals surface area (Å²) < 4.78 is 8.53. The zero-order chi connectivity index (χ0) is 23.5. The molecule has 0 atom stereocenters. The normalized spacial score (nSPS) is 11.1. The van der Waals surface area contributed by atoms with Crippen molar-refractivity contribution in [2.24, 2.45) is 0 Å². The molecule has 0 aliphatic rings. The third-order valence-electron chi connectivity index (χ3n) is 5.39. The Labute approximate surface area is 199 Å². The monoisotopic (exact) mass is 471 g/mol. The number of hydrogen-bond acceptors (Lipinski definition) is 6. The van der Waals surface area contributed by atoms with E-state index in [0.29, 0.717) is 34.1 Å². The summed E-state index contributed by atoms with van der Waals surface area (Å²) in [5, 5.41) is 12.6. The van der Waals surface area contributed by atoms with Gasteiger partial charge in [0, 0.05) is 6.54 Å². The van der Waals surface area contributed by atoms with Gasteiger partial charge in [0.15, 0.2) is 5.16 Å². The van der Waals surface area contributed by atoms with Gasteiger partial charge in [-0.25, -0.2) is 4.57 Å². The number of carbonyl (C=O) groups is 1. The number of ether oxygens (including phenoxy) is 1. The quantitative estimate of drug-likeness (QED) is 0.366. The number of methoxy groups -OCH3 is 1. The van der Waals surface area contributed by atoms with E-state index in [2.05, 4.69) is 15.5 Å². The fourth-order valence-electron chi connectivity index (χ4n) is 3.71. The largest absolute Gasteiger partial charge is 0.497 e. The number of aromatic nitrogens is 4. The van der Waals surface area contributed by atoms with Crippen molar-refractivity contribution in [3.05, 3.63) is 94.8 Å². The van der Waals surface area contributed by atoms with Crippen molar-refractivity contribution in [2.75, 3.05) is 12.9 Å². The average molecular weight is 472 g/mol. The van der Waals surface area contributed by atoms with Gasteiger partial charge >= 0.3 is 0 Å². The van der Waals surface area contributed by atoms with Crippen LogP contribution in [-0.2, 0) is 11.3 Å². The van der Waals surface area contributed by atoms with Crippen LogP contribution < -0.4 is 15.6 Å². The van der Waals surface area contributed by atoms with Crippen LogP contribution in [0.15, 0.2) is 88.8 Å². The molecule has 0 spiro atoms. The van der Waals surface area contributed by atoms with Gasteiger partial charge in [-0.1, -0.05) is 54.2 Å². The molecular weight excluding hydrogens is 450 g/mol. The van der Waals surface area contributed by atoms with Crippen LogP contribution in [-0.4, -0.2) is 37.9 Å². The summed E-state index contributed by atoms with van der Waals surface area (Å²) in [4.78, 5) is 25.8. The lowest BCUT2D eigenvalue weighted by Crippen LogP contribution is -2.24. The lowest BCUT2D eigenvalue weighted by molar-refractivity contribution is -0.118. The Morgan fingerprint density at radius 3 is 2.47 bits per heavy atom. The smallest absolute Gasteiger partial charge is 0.267 e. The third-order valence-corrected chi connectivity index (χ3v) is 6.32. The van der Waals surface area contributed by atoms with Crippen LogP contribution in [0.5, 0.6) is 5.75 Å². The maximum Gasteiger partial charge on any atom is 0.267 e. The maximum atomic E-state index is 13.3. The standard InChI is InChI=1S/C25H21N5O3S/c1-33-19-13-11-17(12-14-19)15-26-22(31)16-34-25-28-27-24-29(18-7-3-2-4-8-18)23(32)20-9-5-6-10-21(20)30(24)25/h2-14H,15-16H2,1H3,(H,26,31). The van der Waals surface area contributed by atoms with Crippen LogP contribution in [0.25, 0.3) is 22.4 Å². The van der Waals surface area contributed by atoms with Crippen LogP contribution in [0.4, 0.5) is 0 Å². The molecule has 0 saturated carbocycles. The molecule has 170 valence electrons. The van der Waals surface area contributed by atoms with Gasteiger partial charge in [-0.05, 0) is 42.0 Å². The number of rotatable bonds is 7. The number of fused-ring (bicyclic) bond motifs is 3. The summed E-state index contributed by atoms with van der Waals surface area (Å²) in [5.41, 5.74) is 2.20. The van der Waals surface area contributed by atoms with Gasteiger partial charge in [0.1, 0.15) is 5.75 Å². The summed E-state index contributed by atoms with van der Waals surface area (Å²) in [6.07, 6.45) is 0. The second-order valence-electron chi connectivity index (χ2n) is 7.52. The first-order valence-electron chi connectivity index (χ1n) is 10.6. The Hall–Kier alpha value is -4.11. The molecule has 5 aromatic rings. The van der Waals surface area contributed by atoms with Gasteiger partial charge in [0.2, 0.25) is 11.7 Å². The topological polar surface area (TPSA) is 90.5 Å². The molecule has 34 heavy (non-hydrogen) atoms. The Morgan fingerprint density at radius 2 is 1.71 bits per heavy atom. The first-order valence-corrected chi connectivity index (χ1v) is 11.6. The van der Waals surface area contributed by atoms with Gasteiger partial charge in [0.05, 0.1) is 29.5 Å². The Balaban J connectivity index is 1.42. The van der Waals surface area contributed by atoms with Crippen molar-refractivity contribution in [3.63, 3.8) is 0 Å². The summed E-state index contributed by atoms with van der Waals surface area (Å²) >= 11 is 1.27. The minimum Gasteiger partial charge on any atom is -0.497 e. The first-order chi connectivity index (χ1) is 16.7. The maximum absolute atomic E-state index is 13.3. The van der Waals surface area contributed by atoms with Gasteiger partial charge in [-0.2, -0.15) is 0 Å². The molecule has 1 amide bonds. The second kappa shape index (κ2) is 9.40. The van der Waals surface area contributed by atoms with Gasteiger partial charge < -0.3 is 10.1 Å². The number of amides is 1. The lowest BCUT2D eigenvalue weighted by Gasteiger charge is -2.11. The molecule has 0 unspecified atom stereocenters. The Bertz CT molecular complexity index is 1530. The molecule has 3 aromatic carbocycles. The molecular formula is C25H21N5O3S. The highest BCUT2D eigenvalue weighted by Gasteiger charge is 2.18. The predicted octanol–water partition coefficient (Wildman–Crippen LogP) is 3.45. The van der Waals surface area contributed by atoms with Crippen LogP contribution in [0, 0.1) is 0 Å². The molecule has 0 aliphatic carbocycles. The SMILES string of the molecule is COc1ccc(CNC(=O)CSc2nnc3n(-c4ccccc4)c(=O)c4ccccc4n23)cc1. The van der Waals surface area contributed by atoms with Crippen LogP contribution in [0.2, 0.25) is 0 Å². The van der Waals surface area contributed by atoms with E-state index >= 15 is 0 Å². The summed E-state index contributed by atoms with van der Waals surface area (Å²) in [7, 11) is 1.62. The van der Waals surface area contributed by atoms with Crippen molar-refractivity contribution in [2.45, 2.75) is 11.7 Å². The molecule has 1 N–H and O–H groups in total. The predicted molar refractivity (Wildman–Crippen MR) is 132 cm³/mol. The molecule has 2 heterocycles. The van der Waals surface area contributed by atoms with Gasteiger partial charge in [-0.3, -0.25) is 14.0 Å². The first kappa shape index (κ1) is 21.7. The van der Waals surface area contributed by atoms with E-state index in [1.165, 1.54) is 11.8 Å². The van der Waals surface area contributed by atoms with Crippen molar-refractivity contribution >= 4 is 34.3 Å². The number of benzene rings is 3. The molecule has 0 fully saturated rings. The van der Waals surface area contributed by atoms with Crippen molar-refractivity contribution in [1.29, 1.82) is 0 Å². The fraction of sp³-hybridized carbons (Fsp3) is 0.120. The Kier molecular flexibility index (Phi) is 6.01. The zero-order valence-corrected chi connectivity index (χ0v) is 19.2. The van der Waals surface area contributed by atoms with Crippen LogP contribution >= 0.6 is 11.8 Å². The zero-order valence-electron chi connectivity index (χ0n) is 18.3. The number of nitrogens with zero attached hydrogens (tertiary/aromatic N) is 4.